The summed E-state index contributed by atoms with van der Waals surface area (Å²) in [5, 5.41) is 14.2. The van der Waals surface area contributed by atoms with Crippen LogP contribution in [0.1, 0.15) is 16.8 Å². The second-order valence-corrected chi connectivity index (χ2v) is 5.05. The highest BCUT2D eigenvalue weighted by atomic mass is 79.9. The smallest absolute Gasteiger partial charge is 0.336 e. The average Bonchev–Trinajstić information content (AvgIpc) is 2.78. The number of hydrogen-bond acceptors (Lipinski definition) is 3. The third-order valence-electron chi connectivity index (χ3n) is 2.81. The van der Waals surface area contributed by atoms with Crippen LogP contribution in [-0.4, -0.2) is 29.4 Å². The van der Waals surface area contributed by atoms with E-state index in [0.717, 1.165) is 0 Å². The van der Waals surface area contributed by atoms with Crippen molar-refractivity contribution in [2.75, 3.05) is 11.9 Å². The van der Waals surface area contributed by atoms with Gasteiger partial charge in [0.1, 0.15) is 0 Å². The molecule has 1 aromatic carbocycles. The van der Waals surface area contributed by atoms with Crippen molar-refractivity contribution in [2.45, 2.75) is 6.42 Å². The fourth-order valence-electron chi connectivity index (χ4n) is 1.80. The minimum Gasteiger partial charge on any atom is -0.478 e. The molecule has 1 aromatic rings. The van der Waals surface area contributed by atoms with Crippen LogP contribution in [0.15, 0.2) is 22.7 Å². The fourth-order valence-corrected chi connectivity index (χ4v) is 2.22. The number of amides is 2. The molecule has 6 nitrogen and oxygen atoms in total. The summed E-state index contributed by atoms with van der Waals surface area (Å²) in [5.74, 6) is -1.94. The number of carboxylic acids is 1. The maximum atomic E-state index is 11.9. The van der Waals surface area contributed by atoms with Crippen molar-refractivity contribution < 1.29 is 19.5 Å². The lowest BCUT2D eigenvalue weighted by Crippen LogP contribution is -2.24. The van der Waals surface area contributed by atoms with E-state index >= 15 is 0 Å². The lowest BCUT2D eigenvalue weighted by molar-refractivity contribution is -0.123. The van der Waals surface area contributed by atoms with E-state index in [1.807, 2.05) is 0 Å². The molecule has 2 rings (SSSR count). The Morgan fingerprint density at radius 2 is 2.16 bits per heavy atom. The molecule has 19 heavy (non-hydrogen) atoms. The second kappa shape index (κ2) is 5.40. The van der Waals surface area contributed by atoms with Gasteiger partial charge < -0.3 is 15.7 Å². The summed E-state index contributed by atoms with van der Waals surface area (Å²) in [7, 11) is 0. The van der Waals surface area contributed by atoms with Gasteiger partial charge >= 0.3 is 5.97 Å². The molecule has 0 saturated carbocycles. The number of aromatic carboxylic acids is 1. The third kappa shape index (κ3) is 3.11. The first-order valence-electron chi connectivity index (χ1n) is 5.58. The van der Waals surface area contributed by atoms with Crippen LogP contribution in [0.25, 0.3) is 0 Å². The predicted octanol–water partition coefficient (Wildman–Crippen LogP) is 1.22. The Labute approximate surface area is 117 Å². The fraction of sp³-hybridized carbons (Fsp3) is 0.250. The summed E-state index contributed by atoms with van der Waals surface area (Å²) < 4.78 is 0.440. The summed E-state index contributed by atoms with van der Waals surface area (Å²) in [6.07, 6.45) is 0.161. The van der Waals surface area contributed by atoms with E-state index in [-0.39, 0.29) is 23.8 Å². The Morgan fingerprint density at radius 1 is 1.42 bits per heavy atom. The van der Waals surface area contributed by atoms with E-state index in [1.165, 1.54) is 6.07 Å². The maximum Gasteiger partial charge on any atom is 0.336 e. The summed E-state index contributed by atoms with van der Waals surface area (Å²) in [6, 6.07) is 4.52. The summed E-state index contributed by atoms with van der Waals surface area (Å²) in [5.41, 5.74) is 0.461. The van der Waals surface area contributed by atoms with Crippen molar-refractivity contribution in [3.8, 4) is 0 Å². The first-order chi connectivity index (χ1) is 8.97. The molecule has 1 aliphatic rings. The minimum atomic E-state index is -1.08. The third-order valence-corrected chi connectivity index (χ3v) is 3.50. The lowest BCUT2D eigenvalue weighted by Gasteiger charge is -2.10. The monoisotopic (exact) mass is 326 g/mol. The van der Waals surface area contributed by atoms with E-state index in [0.29, 0.717) is 16.7 Å². The first-order valence-corrected chi connectivity index (χ1v) is 6.37. The topological polar surface area (TPSA) is 95.5 Å². The van der Waals surface area contributed by atoms with Gasteiger partial charge in [-0.15, -0.1) is 0 Å². The molecule has 0 aromatic heterocycles. The van der Waals surface area contributed by atoms with Crippen LogP contribution in [0.4, 0.5) is 5.69 Å². The number of rotatable bonds is 3. The normalized spacial score (nSPS) is 17.9. The van der Waals surface area contributed by atoms with Crippen LogP contribution in [-0.2, 0) is 9.59 Å². The molecular weight excluding hydrogens is 316 g/mol. The molecule has 1 saturated heterocycles. The van der Waals surface area contributed by atoms with Gasteiger partial charge in [-0.1, -0.05) is 0 Å². The molecule has 7 heteroatoms. The molecule has 2 amide bonds. The molecule has 100 valence electrons. The number of carboxylic acid groups (broad SMARTS) is 1. The van der Waals surface area contributed by atoms with Crippen molar-refractivity contribution in [2.24, 2.45) is 5.92 Å². The molecule has 1 fully saturated rings. The van der Waals surface area contributed by atoms with Crippen LogP contribution in [0.5, 0.6) is 0 Å². The van der Waals surface area contributed by atoms with Gasteiger partial charge in [0.05, 0.1) is 11.5 Å². The number of carbonyl (C=O) groups excluding carboxylic acids is 2. The van der Waals surface area contributed by atoms with Crippen LogP contribution in [0, 0.1) is 5.92 Å². The Balaban J connectivity index is 2.11. The molecule has 0 bridgehead atoms. The van der Waals surface area contributed by atoms with E-state index in [1.54, 1.807) is 12.1 Å². The molecule has 1 unspecified atom stereocenters. The van der Waals surface area contributed by atoms with Gasteiger partial charge in [0.2, 0.25) is 11.8 Å². The van der Waals surface area contributed by atoms with Gasteiger partial charge in [-0.3, -0.25) is 9.59 Å². The predicted molar refractivity (Wildman–Crippen MR) is 70.8 cm³/mol. The zero-order valence-corrected chi connectivity index (χ0v) is 11.4. The molecular formula is C12H11BrN2O4. The SMILES string of the molecule is O=C1CC(C(=O)Nc2ccc(Br)c(C(=O)O)c2)CN1. The molecule has 3 N–H and O–H groups in total. The highest BCUT2D eigenvalue weighted by Crippen LogP contribution is 2.22. The van der Waals surface area contributed by atoms with Gasteiger partial charge in [0.25, 0.3) is 0 Å². The number of nitrogens with one attached hydrogen (secondary N) is 2. The minimum absolute atomic E-state index is 0.0680. The maximum absolute atomic E-state index is 11.9. The molecule has 1 aliphatic heterocycles. The van der Waals surface area contributed by atoms with Crippen molar-refractivity contribution in [3.05, 3.63) is 28.2 Å². The summed E-state index contributed by atoms with van der Waals surface area (Å²) >= 11 is 3.12. The highest BCUT2D eigenvalue weighted by molar-refractivity contribution is 9.10. The number of anilines is 1. The quantitative estimate of drug-likeness (QED) is 0.778. The van der Waals surface area contributed by atoms with Gasteiger partial charge in [0.15, 0.2) is 0 Å². The zero-order valence-electron chi connectivity index (χ0n) is 9.77. The molecule has 0 spiro atoms. The number of hydrogen-bond donors (Lipinski definition) is 3. The molecule has 1 heterocycles. The summed E-state index contributed by atoms with van der Waals surface area (Å²) in [4.78, 5) is 33.8. The van der Waals surface area contributed by atoms with Crippen LogP contribution in [0.3, 0.4) is 0 Å². The molecule has 0 radical (unpaired) electrons. The largest absolute Gasteiger partial charge is 0.478 e. The van der Waals surface area contributed by atoms with Crippen molar-refractivity contribution in [1.82, 2.24) is 5.32 Å². The number of benzene rings is 1. The highest BCUT2D eigenvalue weighted by Gasteiger charge is 2.28. The Hall–Kier alpha value is -1.89. The van der Waals surface area contributed by atoms with Crippen molar-refractivity contribution in [3.63, 3.8) is 0 Å². The van der Waals surface area contributed by atoms with Crippen LogP contribution in [0.2, 0.25) is 0 Å². The van der Waals surface area contributed by atoms with Crippen LogP contribution < -0.4 is 10.6 Å². The van der Waals surface area contributed by atoms with E-state index in [2.05, 4.69) is 26.6 Å². The standard InChI is InChI=1S/C12H11BrN2O4/c13-9-2-1-7(4-8(9)12(18)19)15-11(17)6-3-10(16)14-5-6/h1-2,4,6H,3,5H2,(H,14,16)(H,15,17)(H,18,19). The van der Waals surface area contributed by atoms with Gasteiger partial charge in [-0.05, 0) is 34.1 Å². The molecule has 0 aliphatic carbocycles. The Bertz CT molecular complexity index is 559. The van der Waals surface area contributed by atoms with E-state index in [9.17, 15) is 14.4 Å². The van der Waals surface area contributed by atoms with Crippen molar-refractivity contribution in [1.29, 1.82) is 0 Å². The Morgan fingerprint density at radius 3 is 2.74 bits per heavy atom. The summed E-state index contributed by atoms with van der Waals surface area (Å²) in [6.45, 7) is 0.312. The zero-order chi connectivity index (χ0) is 14.0. The second-order valence-electron chi connectivity index (χ2n) is 4.19. The van der Waals surface area contributed by atoms with Crippen LogP contribution >= 0.6 is 15.9 Å². The van der Waals surface area contributed by atoms with E-state index < -0.39 is 11.9 Å². The van der Waals surface area contributed by atoms with E-state index in [4.69, 9.17) is 5.11 Å². The molecule has 1 atom stereocenters. The van der Waals surface area contributed by atoms with Gasteiger partial charge in [-0.25, -0.2) is 4.79 Å². The van der Waals surface area contributed by atoms with Gasteiger partial charge in [0, 0.05) is 23.1 Å². The number of carbonyl (C=O) groups is 3. The lowest BCUT2D eigenvalue weighted by atomic mass is 10.1. The first kappa shape index (κ1) is 13.5. The number of halogens is 1. The van der Waals surface area contributed by atoms with Crippen molar-refractivity contribution >= 4 is 39.4 Å². The average molecular weight is 327 g/mol. The van der Waals surface area contributed by atoms with Gasteiger partial charge in [-0.2, -0.15) is 0 Å². The Kier molecular flexibility index (Phi) is 3.84.